The van der Waals surface area contributed by atoms with E-state index in [1.54, 1.807) is 18.2 Å². The molecule has 0 fully saturated rings. The third kappa shape index (κ3) is 3.68. The number of aromatic nitrogens is 3. The van der Waals surface area contributed by atoms with Gasteiger partial charge in [0.2, 0.25) is 5.91 Å². The molecule has 2 aromatic carbocycles. The number of aryl methyl sites for hydroxylation is 1. The van der Waals surface area contributed by atoms with Crippen molar-refractivity contribution in [2.75, 3.05) is 0 Å². The van der Waals surface area contributed by atoms with Crippen LogP contribution in [0.25, 0.3) is 21.9 Å². The Bertz CT molecular complexity index is 1190. The van der Waals surface area contributed by atoms with Crippen LogP contribution >= 0.6 is 0 Å². The van der Waals surface area contributed by atoms with Gasteiger partial charge < -0.3 is 15.3 Å². The Morgan fingerprint density at radius 2 is 1.64 bits per heavy atom. The molecule has 2 heterocycles. The van der Waals surface area contributed by atoms with Crippen molar-refractivity contribution in [3.05, 3.63) is 86.6 Å². The van der Waals surface area contributed by atoms with E-state index < -0.39 is 0 Å². The van der Waals surface area contributed by atoms with E-state index in [-0.39, 0.29) is 36.4 Å². The molecule has 0 atom stereocenters. The zero-order valence-corrected chi connectivity index (χ0v) is 15.0. The molecule has 4 rings (SSSR count). The van der Waals surface area contributed by atoms with Gasteiger partial charge in [-0.2, -0.15) is 0 Å². The van der Waals surface area contributed by atoms with Gasteiger partial charge in [0, 0.05) is 30.5 Å². The van der Waals surface area contributed by atoms with Crippen molar-refractivity contribution in [1.82, 2.24) is 20.3 Å². The number of rotatable bonds is 5. The summed E-state index contributed by atoms with van der Waals surface area (Å²) in [6.45, 7) is 0.126. The standard InChI is InChI=1S/C21H18N4O3/c26-19(10-9-18-21(28)25-17-8-4-3-7-16(17)23-18)22-12-14-11-13-5-1-2-6-15(13)24-20(14)27/h1-8,11H,9-10,12H2,(H,22,26)(H,24,27)(H,25,28). The molecule has 0 unspecified atom stereocenters. The van der Waals surface area contributed by atoms with Crippen LogP contribution in [0.2, 0.25) is 0 Å². The third-order valence-corrected chi connectivity index (χ3v) is 4.57. The molecule has 0 bridgehead atoms. The maximum Gasteiger partial charge on any atom is 0.270 e. The summed E-state index contributed by atoms with van der Waals surface area (Å²) in [6.07, 6.45) is 0.333. The highest BCUT2D eigenvalue weighted by Crippen LogP contribution is 2.10. The summed E-state index contributed by atoms with van der Waals surface area (Å²) in [7, 11) is 0. The first kappa shape index (κ1) is 17.7. The number of benzene rings is 2. The van der Waals surface area contributed by atoms with E-state index >= 15 is 0 Å². The van der Waals surface area contributed by atoms with Gasteiger partial charge in [-0.25, -0.2) is 4.98 Å². The minimum Gasteiger partial charge on any atom is -0.352 e. The summed E-state index contributed by atoms with van der Waals surface area (Å²) in [5, 5.41) is 3.63. The number of pyridine rings is 1. The van der Waals surface area contributed by atoms with Crippen LogP contribution in [0.15, 0.2) is 64.2 Å². The van der Waals surface area contributed by atoms with Gasteiger partial charge in [-0.1, -0.05) is 30.3 Å². The molecule has 2 aromatic heterocycles. The second kappa shape index (κ2) is 7.48. The van der Waals surface area contributed by atoms with Crippen LogP contribution in [0.5, 0.6) is 0 Å². The van der Waals surface area contributed by atoms with E-state index in [1.807, 2.05) is 36.4 Å². The summed E-state index contributed by atoms with van der Waals surface area (Å²) in [5.41, 5.74) is 2.37. The predicted octanol–water partition coefficient (Wildman–Crippen LogP) is 2.01. The topological polar surface area (TPSA) is 108 Å². The summed E-state index contributed by atoms with van der Waals surface area (Å²) < 4.78 is 0. The maximum absolute atomic E-state index is 12.2. The molecule has 0 saturated heterocycles. The normalized spacial score (nSPS) is 11.0. The van der Waals surface area contributed by atoms with Crippen LogP contribution in [0.4, 0.5) is 0 Å². The van der Waals surface area contributed by atoms with E-state index in [2.05, 4.69) is 20.3 Å². The number of aromatic amines is 2. The van der Waals surface area contributed by atoms with Crippen molar-refractivity contribution in [1.29, 1.82) is 0 Å². The molecule has 0 saturated carbocycles. The lowest BCUT2D eigenvalue weighted by atomic mass is 10.1. The maximum atomic E-state index is 12.2. The van der Waals surface area contributed by atoms with Crippen molar-refractivity contribution in [2.24, 2.45) is 0 Å². The van der Waals surface area contributed by atoms with Crippen LogP contribution in [-0.4, -0.2) is 20.9 Å². The lowest BCUT2D eigenvalue weighted by Crippen LogP contribution is -2.27. The highest BCUT2D eigenvalue weighted by atomic mass is 16.2. The molecule has 7 heteroatoms. The quantitative estimate of drug-likeness (QED) is 0.497. The van der Waals surface area contributed by atoms with Crippen LogP contribution in [0, 0.1) is 0 Å². The van der Waals surface area contributed by atoms with E-state index in [4.69, 9.17) is 0 Å². The largest absolute Gasteiger partial charge is 0.352 e. The Labute approximate surface area is 159 Å². The van der Waals surface area contributed by atoms with Crippen LogP contribution in [0.1, 0.15) is 17.7 Å². The molecule has 0 aliphatic carbocycles. The Morgan fingerprint density at radius 3 is 2.50 bits per heavy atom. The number of carbonyl (C=O) groups excluding carboxylic acids is 1. The Hall–Kier alpha value is -3.74. The molecule has 0 radical (unpaired) electrons. The number of para-hydroxylation sites is 3. The fraction of sp³-hybridized carbons (Fsp3) is 0.143. The first-order valence-corrected chi connectivity index (χ1v) is 8.96. The van der Waals surface area contributed by atoms with Gasteiger partial charge in [-0.05, 0) is 29.7 Å². The van der Waals surface area contributed by atoms with Crippen molar-refractivity contribution >= 4 is 27.8 Å². The van der Waals surface area contributed by atoms with Crippen LogP contribution in [-0.2, 0) is 17.8 Å². The third-order valence-electron chi connectivity index (χ3n) is 4.57. The molecule has 0 spiro atoms. The molecule has 0 aliphatic rings. The molecule has 4 aromatic rings. The van der Waals surface area contributed by atoms with E-state index in [0.29, 0.717) is 22.3 Å². The minimum atomic E-state index is -0.294. The number of carbonyl (C=O) groups is 1. The Morgan fingerprint density at radius 1 is 0.929 bits per heavy atom. The summed E-state index contributed by atoms with van der Waals surface area (Å²) >= 11 is 0. The molecule has 140 valence electrons. The molecule has 0 aliphatic heterocycles. The number of nitrogens with zero attached hydrogens (tertiary/aromatic N) is 1. The first-order chi connectivity index (χ1) is 13.6. The second-order valence-electron chi connectivity index (χ2n) is 6.52. The lowest BCUT2D eigenvalue weighted by Gasteiger charge is -2.06. The Balaban J connectivity index is 1.41. The van der Waals surface area contributed by atoms with Gasteiger partial charge in [-0.3, -0.25) is 14.4 Å². The van der Waals surface area contributed by atoms with Crippen molar-refractivity contribution in [2.45, 2.75) is 19.4 Å². The van der Waals surface area contributed by atoms with Crippen LogP contribution in [0.3, 0.4) is 0 Å². The average Bonchev–Trinajstić information content (AvgIpc) is 2.70. The fourth-order valence-electron chi connectivity index (χ4n) is 3.07. The lowest BCUT2D eigenvalue weighted by molar-refractivity contribution is -0.121. The summed E-state index contributed by atoms with van der Waals surface area (Å²) in [6, 6.07) is 16.5. The molecule has 28 heavy (non-hydrogen) atoms. The summed E-state index contributed by atoms with van der Waals surface area (Å²) in [4.78, 5) is 46.3. The first-order valence-electron chi connectivity index (χ1n) is 8.96. The van der Waals surface area contributed by atoms with Gasteiger partial charge in [-0.15, -0.1) is 0 Å². The zero-order valence-electron chi connectivity index (χ0n) is 15.0. The highest BCUT2D eigenvalue weighted by Gasteiger charge is 2.09. The van der Waals surface area contributed by atoms with Gasteiger partial charge in [0.1, 0.15) is 5.69 Å². The second-order valence-corrected chi connectivity index (χ2v) is 6.52. The number of nitrogens with one attached hydrogen (secondary N) is 3. The molecule has 3 N–H and O–H groups in total. The number of H-pyrrole nitrogens is 2. The average molecular weight is 374 g/mol. The molecule has 7 nitrogen and oxygen atoms in total. The summed E-state index contributed by atoms with van der Waals surface area (Å²) in [5.74, 6) is -0.248. The smallest absolute Gasteiger partial charge is 0.270 e. The van der Waals surface area contributed by atoms with Crippen LogP contribution < -0.4 is 16.4 Å². The van der Waals surface area contributed by atoms with Gasteiger partial charge in [0.05, 0.1) is 11.0 Å². The van der Waals surface area contributed by atoms with Crippen molar-refractivity contribution in [3.63, 3.8) is 0 Å². The molecular formula is C21H18N4O3. The van der Waals surface area contributed by atoms with Gasteiger partial charge >= 0.3 is 0 Å². The minimum absolute atomic E-state index is 0.111. The molecule has 1 amide bonds. The predicted molar refractivity (Wildman–Crippen MR) is 107 cm³/mol. The number of fused-ring (bicyclic) bond motifs is 2. The van der Waals surface area contributed by atoms with Gasteiger partial charge in [0.25, 0.3) is 11.1 Å². The monoisotopic (exact) mass is 374 g/mol. The van der Waals surface area contributed by atoms with E-state index in [0.717, 1.165) is 10.9 Å². The van der Waals surface area contributed by atoms with E-state index in [9.17, 15) is 14.4 Å². The SMILES string of the molecule is O=C(CCc1nc2ccccc2[nH]c1=O)NCc1cc2ccccc2[nH]c1=O. The van der Waals surface area contributed by atoms with Gasteiger partial charge in [0.15, 0.2) is 0 Å². The Kier molecular flexibility index (Phi) is 4.72. The fourth-order valence-corrected chi connectivity index (χ4v) is 3.07. The van der Waals surface area contributed by atoms with Crippen molar-refractivity contribution in [3.8, 4) is 0 Å². The number of amides is 1. The van der Waals surface area contributed by atoms with E-state index in [1.165, 1.54) is 0 Å². The van der Waals surface area contributed by atoms with Crippen molar-refractivity contribution < 1.29 is 4.79 Å². The number of hydrogen-bond donors (Lipinski definition) is 3. The highest BCUT2D eigenvalue weighted by molar-refractivity contribution is 5.79. The molecular weight excluding hydrogens is 356 g/mol. The zero-order chi connectivity index (χ0) is 19.5. The number of hydrogen-bond acceptors (Lipinski definition) is 4.